The van der Waals surface area contributed by atoms with Crippen molar-refractivity contribution in [1.82, 2.24) is 4.98 Å². The van der Waals surface area contributed by atoms with Gasteiger partial charge in [-0.25, -0.2) is 9.78 Å². The molecule has 1 heterocycles. The number of amides is 1. The zero-order chi connectivity index (χ0) is 19.5. The van der Waals surface area contributed by atoms with E-state index >= 15 is 0 Å². The lowest BCUT2D eigenvalue weighted by molar-refractivity contribution is -0.137. The second kappa shape index (κ2) is 8.11. The number of ether oxygens (including phenoxy) is 1. The quantitative estimate of drug-likeness (QED) is 0.708. The molecule has 2 aromatic rings. The van der Waals surface area contributed by atoms with Crippen molar-refractivity contribution in [3.05, 3.63) is 56.7 Å². The molecule has 0 aliphatic heterocycles. The van der Waals surface area contributed by atoms with Gasteiger partial charge in [0.2, 0.25) is 0 Å². The summed E-state index contributed by atoms with van der Waals surface area (Å²) in [5.41, 5.74) is -1.19. The number of benzene rings is 1. The van der Waals surface area contributed by atoms with Gasteiger partial charge in [-0.1, -0.05) is 40.9 Å². The topological polar surface area (TPSA) is 68.3 Å². The van der Waals surface area contributed by atoms with Gasteiger partial charge >= 0.3 is 12.1 Å². The fraction of sp³-hybridized carbons (Fsp3) is 0.133. The summed E-state index contributed by atoms with van der Waals surface area (Å²) in [6.07, 6.45) is -4.11. The molecule has 1 amide bonds. The Kier molecular flexibility index (Phi) is 6.33. The minimum Gasteiger partial charge on any atom is -0.452 e. The minimum atomic E-state index is -4.62. The van der Waals surface area contributed by atoms with Crippen LogP contribution in [0.3, 0.4) is 0 Å². The molecule has 0 unspecified atom stereocenters. The minimum absolute atomic E-state index is 0.0374. The van der Waals surface area contributed by atoms with Crippen molar-refractivity contribution < 1.29 is 27.5 Å². The Hall–Kier alpha value is -2.03. The Morgan fingerprint density at radius 1 is 1.12 bits per heavy atom. The Bertz CT molecular complexity index is 840. The zero-order valence-corrected chi connectivity index (χ0v) is 14.8. The Balaban J connectivity index is 2.00. The third-order valence-corrected chi connectivity index (χ3v) is 3.85. The fourth-order valence-corrected chi connectivity index (χ4v) is 2.51. The van der Waals surface area contributed by atoms with E-state index in [-0.39, 0.29) is 21.4 Å². The summed E-state index contributed by atoms with van der Waals surface area (Å²) in [5.74, 6) is -2.12. The van der Waals surface area contributed by atoms with Crippen LogP contribution >= 0.6 is 34.8 Å². The summed E-state index contributed by atoms with van der Waals surface area (Å²) >= 11 is 17.3. The second-order valence-electron chi connectivity index (χ2n) is 4.77. The fourth-order valence-electron chi connectivity index (χ4n) is 1.75. The molecule has 11 heteroatoms. The van der Waals surface area contributed by atoms with Gasteiger partial charge in [0.1, 0.15) is 0 Å². The molecule has 26 heavy (non-hydrogen) atoms. The first-order chi connectivity index (χ1) is 12.1. The molecule has 1 aromatic carbocycles. The van der Waals surface area contributed by atoms with Gasteiger partial charge in [-0.2, -0.15) is 13.2 Å². The van der Waals surface area contributed by atoms with Gasteiger partial charge in [0.15, 0.2) is 12.4 Å². The highest BCUT2D eigenvalue weighted by Crippen LogP contribution is 2.32. The zero-order valence-electron chi connectivity index (χ0n) is 12.5. The van der Waals surface area contributed by atoms with E-state index < -0.39 is 35.2 Å². The van der Waals surface area contributed by atoms with Crippen LogP contribution in [0.1, 0.15) is 15.9 Å². The van der Waals surface area contributed by atoms with Gasteiger partial charge < -0.3 is 10.1 Å². The molecule has 0 saturated carbocycles. The monoisotopic (exact) mass is 426 g/mol. The van der Waals surface area contributed by atoms with Crippen LogP contribution in [0.5, 0.6) is 0 Å². The molecule has 0 aliphatic carbocycles. The first-order valence-electron chi connectivity index (χ1n) is 6.73. The SMILES string of the molecule is O=C(COC(=O)c1c(Cl)cccc1Cl)Nc1ncc(C(F)(F)F)cc1Cl. The number of hydrogen-bond donors (Lipinski definition) is 1. The predicted octanol–water partition coefficient (Wildman–Crippen LogP) is 4.86. The number of rotatable bonds is 4. The van der Waals surface area contributed by atoms with Crippen molar-refractivity contribution in [1.29, 1.82) is 0 Å². The summed E-state index contributed by atoms with van der Waals surface area (Å²) in [7, 11) is 0. The summed E-state index contributed by atoms with van der Waals surface area (Å²) in [6.45, 7) is -0.751. The molecule has 0 atom stereocenters. The maximum atomic E-state index is 12.5. The predicted molar refractivity (Wildman–Crippen MR) is 89.6 cm³/mol. The number of pyridine rings is 1. The number of nitrogens with zero attached hydrogens (tertiary/aromatic N) is 1. The van der Waals surface area contributed by atoms with E-state index in [0.29, 0.717) is 12.3 Å². The standard InChI is InChI=1S/C15H8Cl3F3N2O3/c16-8-2-1-3-9(17)12(8)14(25)26-6-11(24)23-13-10(18)4-7(5-22-13)15(19,20)21/h1-5H,6H2,(H,22,23,24). The number of hydrogen-bond acceptors (Lipinski definition) is 4. The summed E-state index contributed by atoms with van der Waals surface area (Å²) in [5, 5.41) is 1.78. The van der Waals surface area contributed by atoms with Crippen molar-refractivity contribution in [2.45, 2.75) is 6.18 Å². The number of aromatic nitrogens is 1. The second-order valence-corrected chi connectivity index (χ2v) is 5.99. The number of esters is 1. The smallest absolute Gasteiger partial charge is 0.417 e. The molecule has 0 bridgehead atoms. The van der Waals surface area contributed by atoms with E-state index in [1.54, 1.807) is 0 Å². The molecule has 1 N–H and O–H groups in total. The first kappa shape index (κ1) is 20.3. The lowest BCUT2D eigenvalue weighted by Gasteiger charge is -2.11. The normalized spacial score (nSPS) is 11.2. The molecule has 1 aromatic heterocycles. The number of anilines is 1. The lowest BCUT2D eigenvalue weighted by Crippen LogP contribution is -2.22. The molecule has 138 valence electrons. The van der Waals surface area contributed by atoms with Gasteiger partial charge in [0.05, 0.1) is 26.2 Å². The highest BCUT2D eigenvalue weighted by Gasteiger charge is 2.31. The van der Waals surface area contributed by atoms with Gasteiger partial charge in [-0.05, 0) is 18.2 Å². The number of carbonyl (C=O) groups excluding carboxylic acids is 2. The van der Waals surface area contributed by atoms with E-state index in [0.717, 1.165) is 0 Å². The molecule has 0 saturated heterocycles. The number of nitrogens with one attached hydrogen (secondary N) is 1. The average molecular weight is 428 g/mol. The molecule has 0 fully saturated rings. The van der Waals surface area contributed by atoms with Crippen LogP contribution in [0.25, 0.3) is 0 Å². The Morgan fingerprint density at radius 3 is 2.27 bits per heavy atom. The van der Waals surface area contributed by atoms with Gasteiger partial charge in [-0.15, -0.1) is 0 Å². The number of alkyl halides is 3. The highest BCUT2D eigenvalue weighted by atomic mass is 35.5. The van der Waals surface area contributed by atoms with E-state index in [1.165, 1.54) is 18.2 Å². The highest BCUT2D eigenvalue weighted by molar-refractivity contribution is 6.39. The van der Waals surface area contributed by atoms with Crippen LogP contribution in [-0.2, 0) is 15.7 Å². The molecular formula is C15H8Cl3F3N2O3. The number of halogens is 6. The van der Waals surface area contributed by atoms with Crippen LogP contribution in [0.2, 0.25) is 15.1 Å². The molecule has 0 radical (unpaired) electrons. The maximum Gasteiger partial charge on any atom is 0.417 e. The van der Waals surface area contributed by atoms with Crippen molar-refractivity contribution in [3.8, 4) is 0 Å². The molecule has 5 nitrogen and oxygen atoms in total. The van der Waals surface area contributed by atoms with Crippen molar-refractivity contribution in [2.24, 2.45) is 0 Å². The Labute approximate surface area is 160 Å². The van der Waals surface area contributed by atoms with Crippen LogP contribution in [0, 0.1) is 0 Å². The van der Waals surface area contributed by atoms with Gasteiger partial charge in [0.25, 0.3) is 5.91 Å². The maximum absolute atomic E-state index is 12.5. The first-order valence-corrected chi connectivity index (χ1v) is 7.86. The van der Waals surface area contributed by atoms with Crippen molar-refractivity contribution >= 4 is 52.5 Å². The molecule has 0 spiro atoms. The third kappa shape index (κ3) is 5.00. The molecule has 2 rings (SSSR count). The van der Waals surface area contributed by atoms with Crippen LogP contribution in [0.15, 0.2) is 30.5 Å². The average Bonchev–Trinajstić information content (AvgIpc) is 2.53. The molecular weight excluding hydrogens is 420 g/mol. The summed E-state index contributed by atoms with van der Waals surface area (Å²) in [6, 6.07) is 4.96. The third-order valence-electron chi connectivity index (χ3n) is 2.93. The molecule has 0 aliphatic rings. The summed E-state index contributed by atoms with van der Waals surface area (Å²) < 4.78 is 42.4. The van der Waals surface area contributed by atoms with Gasteiger partial charge in [0, 0.05) is 6.20 Å². The largest absolute Gasteiger partial charge is 0.452 e. The van der Waals surface area contributed by atoms with E-state index in [2.05, 4.69) is 10.3 Å². The number of carbonyl (C=O) groups is 2. The van der Waals surface area contributed by atoms with Crippen molar-refractivity contribution in [2.75, 3.05) is 11.9 Å². The Morgan fingerprint density at radius 2 is 1.73 bits per heavy atom. The van der Waals surface area contributed by atoms with E-state index in [9.17, 15) is 22.8 Å². The van der Waals surface area contributed by atoms with Crippen LogP contribution in [-0.4, -0.2) is 23.5 Å². The van der Waals surface area contributed by atoms with E-state index in [4.69, 9.17) is 39.5 Å². The van der Waals surface area contributed by atoms with Crippen LogP contribution < -0.4 is 5.32 Å². The van der Waals surface area contributed by atoms with Crippen LogP contribution in [0.4, 0.5) is 19.0 Å². The van der Waals surface area contributed by atoms with Crippen molar-refractivity contribution in [3.63, 3.8) is 0 Å². The lowest BCUT2D eigenvalue weighted by atomic mass is 10.2. The summed E-state index contributed by atoms with van der Waals surface area (Å²) in [4.78, 5) is 27.1. The van der Waals surface area contributed by atoms with Gasteiger partial charge in [-0.3, -0.25) is 4.79 Å². The van der Waals surface area contributed by atoms with E-state index in [1.807, 2.05) is 0 Å².